The summed E-state index contributed by atoms with van der Waals surface area (Å²) in [5.41, 5.74) is 2.78. The SMILES string of the molecule is COc1ccc(-c2c[n+](CC(=O)Nc3ccc(F)cc3)c3n2CCC3)cc1.[Cl-]. The Morgan fingerprint density at radius 2 is 1.89 bits per heavy atom. The summed E-state index contributed by atoms with van der Waals surface area (Å²) in [6.07, 6.45) is 4.04. The smallest absolute Gasteiger partial charge is 0.266 e. The number of nitrogens with one attached hydrogen (secondary N) is 1. The molecule has 1 aromatic heterocycles. The van der Waals surface area contributed by atoms with Crippen molar-refractivity contribution in [2.24, 2.45) is 0 Å². The molecule has 0 fully saturated rings. The van der Waals surface area contributed by atoms with E-state index in [9.17, 15) is 9.18 Å². The molecule has 3 aromatic rings. The van der Waals surface area contributed by atoms with E-state index in [-0.39, 0.29) is 30.7 Å². The van der Waals surface area contributed by atoms with Crippen LogP contribution in [0.2, 0.25) is 0 Å². The maximum Gasteiger partial charge on any atom is 0.266 e. The first-order valence-electron chi connectivity index (χ1n) is 8.96. The molecule has 0 radical (unpaired) electrons. The summed E-state index contributed by atoms with van der Waals surface area (Å²) in [7, 11) is 1.65. The number of imidazole rings is 1. The van der Waals surface area contributed by atoms with E-state index in [0.29, 0.717) is 5.69 Å². The van der Waals surface area contributed by atoms with E-state index in [1.807, 2.05) is 35.0 Å². The number of amides is 1. The molecule has 1 aliphatic heterocycles. The first kappa shape index (κ1) is 19.9. The van der Waals surface area contributed by atoms with Crippen LogP contribution < -0.4 is 27.0 Å². The van der Waals surface area contributed by atoms with Gasteiger partial charge in [-0.3, -0.25) is 4.79 Å². The van der Waals surface area contributed by atoms with Crippen molar-refractivity contribution < 1.29 is 30.9 Å². The minimum atomic E-state index is -0.322. The Balaban J connectivity index is 0.00000225. The van der Waals surface area contributed by atoms with Crippen molar-refractivity contribution in [1.82, 2.24) is 4.57 Å². The largest absolute Gasteiger partial charge is 1.00 e. The van der Waals surface area contributed by atoms with E-state index in [1.54, 1.807) is 19.2 Å². The molecular formula is C21H21ClFN3O2. The highest BCUT2D eigenvalue weighted by molar-refractivity contribution is 5.89. The van der Waals surface area contributed by atoms with Crippen LogP contribution >= 0.6 is 0 Å². The molecule has 0 spiro atoms. The third-order valence-electron chi connectivity index (χ3n) is 4.82. The zero-order valence-corrected chi connectivity index (χ0v) is 16.2. The summed E-state index contributed by atoms with van der Waals surface area (Å²) < 4.78 is 22.5. The number of ether oxygens (including phenoxy) is 1. The van der Waals surface area contributed by atoms with Crippen LogP contribution in [0.1, 0.15) is 12.2 Å². The minimum absolute atomic E-state index is 0. The van der Waals surface area contributed by atoms with Gasteiger partial charge in [0.15, 0.2) is 12.2 Å². The second kappa shape index (κ2) is 8.44. The van der Waals surface area contributed by atoms with E-state index in [1.165, 1.54) is 12.1 Å². The highest BCUT2D eigenvalue weighted by atomic mass is 35.5. The van der Waals surface area contributed by atoms with Gasteiger partial charge in [-0.15, -0.1) is 0 Å². The normalized spacial score (nSPS) is 12.2. The van der Waals surface area contributed by atoms with Crippen LogP contribution in [-0.4, -0.2) is 17.6 Å². The van der Waals surface area contributed by atoms with Crippen molar-refractivity contribution in [3.8, 4) is 17.0 Å². The molecule has 1 aliphatic rings. The van der Waals surface area contributed by atoms with Crippen LogP contribution in [-0.2, 0) is 24.3 Å². The predicted octanol–water partition coefficient (Wildman–Crippen LogP) is 0.179. The summed E-state index contributed by atoms with van der Waals surface area (Å²) in [6.45, 7) is 1.17. The van der Waals surface area contributed by atoms with Crippen LogP contribution in [0, 0.1) is 5.82 Å². The quantitative estimate of drug-likeness (QED) is 0.620. The number of carbonyl (C=O) groups excluding carboxylic acids is 1. The molecule has 2 aromatic carbocycles. The number of hydrogen-bond donors (Lipinski definition) is 1. The van der Waals surface area contributed by atoms with E-state index >= 15 is 0 Å². The van der Waals surface area contributed by atoms with Gasteiger partial charge in [0.1, 0.15) is 17.8 Å². The fourth-order valence-corrected chi connectivity index (χ4v) is 3.53. The number of nitrogens with zero attached hydrogens (tertiary/aromatic N) is 2. The second-order valence-electron chi connectivity index (χ2n) is 6.60. The molecule has 146 valence electrons. The van der Waals surface area contributed by atoms with Crippen LogP contribution in [0.3, 0.4) is 0 Å². The van der Waals surface area contributed by atoms with Gasteiger partial charge >= 0.3 is 0 Å². The zero-order chi connectivity index (χ0) is 18.8. The zero-order valence-electron chi connectivity index (χ0n) is 15.5. The topological polar surface area (TPSA) is 47.1 Å². The van der Waals surface area contributed by atoms with Crippen molar-refractivity contribution in [3.63, 3.8) is 0 Å². The first-order chi connectivity index (χ1) is 13.1. The van der Waals surface area contributed by atoms with Gasteiger partial charge in [-0.1, -0.05) is 0 Å². The Kier molecular flexibility index (Phi) is 5.99. The van der Waals surface area contributed by atoms with Crippen LogP contribution in [0.25, 0.3) is 11.3 Å². The number of aromatic nitrogens is 2. The molecule has 0 unspecified atom stereocenters. The lowest BCUT2D eigenvalue weighted by molar-refractivity contribution is -0.690. The second-order valence-corrected chi connectivity index (χ2v) is 6.60. The van der Waals surface area contributed by atoms with Gasteiger partial charge in [0.2, 0.25) is 0 Å². The summed E-state index contributed by atoms with van der Waals surface area (Å²) in [5.74, 6) is 1.51. The molecule has 5 nitrogen and oxygen atoms in total. The van der Waals surface area contributed by atoms with Gasteiger partial charge < -0.3 is 22.5 Å². The van der Waals surface area contributed by atoms with E-state index in [4.69, 9.17) is 4.74 Å². The summed E-state index contributed by atoms with van der Waals surface area (Å²) >= 11 is 0. The van der Waals surface area contributed by atoms with Crippen LogP contribution in [0.15, 0.2) is 54.7 Å². The Bertz CT molecular complexity index is 969. The third-order valence-corrected chi connectivity index (χ3v) is 4.82. The number of benzene rings is 2. The van der Waals surface area contributed by atoms with Gasteiger partial charge in [0, 0.05) is 11.3 Å². The van der Waals surface area contributed by atoms with Gasteiger partial charge in [0.05, 0.1) is 20.1 Å². The molecular weight excluding hydrogens is 381 g/mol. The predicted molar refractivity (Wildman–Crippen MR) is 100.0 cm³/mol. The Hall–Kier alpha value is -2.86. The van der Waals surface area contributed by atoms with E-state index < -0.39 is 0 Å². The standard InChI is InChI=1S/C21H20FN3O2.ClH/c1-27-18-10-4-15(5-11-18)19-13-24(21-3-2-12-25(19)21)14-20(26)23-17-8-6-16(22)7-9-17;/h4-11,13H,2-3,12,14H2,1H3;1H. The monoisotopic (exact) mass is 401 g/mol. The third kappa shape index (κ3) is 4.02. The van der Waals surface area contributed by atoms with Crippen molar-refractivity contribution in [2.45, 2.75) is 25.9 Å². The molecule has 0 atom stereocenters. The molecule has 0 saturated heterocycles. The fraction of sp³-hybridized carbons (Fsp3) is 0.238. The lowest BCUT2D eigenvalue weighted by atomic mass is 10.1. The Morgan fingerprint density at radius 1 is 1.18 bits per heavy atom. The lowest BCUT2D eigenvalue weighted by Gasteiger charge is -2.04. The molecule has 1 N–H and O–H groups in total. The van der Waals surface area contributed by atoms with Gasteiger partial charge in [-0.2, -0.15) is 0 Å². The molecule has 1 amide bonds. The van der Waals surface area contributed by atoms with E-state index in [0.717, 1.165) is 42.2 Å². The fourth-order valence-electron chi connectivity index (χ4n) is 3.53. The van der Waals surface area contributed by atoms with Crippen molar-refractivity contribution in [2.75, 3.05) is 12.4 Å². The summed E-state index contributed by atoms with van der Waals surface area (Å²) in [5, 5.41) is 2.82. The van der Waals surface area contributed by atoms with Crippen molar-refractivity contribution in [1.29, 1.82) is 0 Å². The molecule has 28 heavy (non-hydrogen) atoms. The van der Waals surface area contributed by atoms with E-state index in [2.05, 4.69) is 9.88 Å². The highest BCUT2D eigenvalue weighted by Crippen LogP contribution is 2.26. The van der Waals surface area contributed by atoms with Gasteiger partial charge in [0.25, 0.3) is 11.7 Å². The maximum absolute atomic E-state index is 13.0. The molecule has 2 heterocycles. The molecule has 0 aliphatic carbocycles. The number of fused-ring (bicyclic) bond motifs is 1. The number of halogens is 2. The Morgan fingerprint density at radius 3 is 2.57 bits per heavy atom. The molecule has 0 bridgehead atoms. The maximum atomic E-state index is 13.0. The average molecular weight is 402 g/mol. The lowest BCUT2D eigenvalue weighted by Crippen LogP contribution is -3.00. The molecule has 0 saturated carbocycles. The number of anilines is 1. The van der Waals surface area contributed by atoms with Gasteiger partial charge in [-0.05, 0) is 55.0 Å². The van der Waals surface area contributed by atoms with Crippen LogP contribution in [0.4, 0.5) is 10.1 Å². The number of rotatable bonds is 5. The molecule has 4 rings (SSSR count). The van der Waals surface area contributed by atoms with Gasteiger partial charge in [-0.25, -0.2) is 13.5 Å². The average Bonchev–Trinajstić information content (AvgIpc) is 3.28. The van der Waals surface area contributed by atoms with Crippen LogP contribution in [0.5, 0.6) is 5.75 Å². The summed E-state index contributed by atoms with van der Waals surface area (Å²) in [6, 6.07) is 13.7. The minimum Gasteiger partial charge on any atom is -1.00 e. The highest BCUT2D eigenvalue weighted by Gasteiger charge is 2.29. The van der Waals surface area contributed by atoms with Crippen molar-refractivity contribution >= 4 is 11.6 Å². The first-order valence-corrected chi connectivity index (χ1v) is 8.96. The number of hydrogen-bond acceptors (Lipinski definition) is 2. The van der Waals surface area contributed by atoms with Crippen molar-refractivity contribution in [3.05, 3.63) is 66.4 Å². The number of methoxy groups -OCH3 is 1. The Labute approximate surface area is 169 Å². The number of carbonyl (C=O) groups is 1. The molecule has 7 heteroatoms. The summed E-state index contributed by atoms with van der Waals surface area (Å²) in [4.78, 5) is 12.4.